The molecule has 0 saturated heterocycles. The Kier molecular flexibility index (Phi) is 4.42. The fraction of sp³-hybridized carbons (Fsp3) is 0.632. The molecule has 22 heavy (non-hydrogen) atoms. The number of hydrogen-bond donors (Lipinski definition) is 1. The van der Waals surface area contributed by atoms with Crippen LogP contribution in [0.1, 0.15) is 64.0 Å². The molecular weight excluding hydrogens is 274 g/mol. The second-order valence-corrected chi connectivity index (χ2v) is 7.29. The predicted octanol–water partition coefficient (Wildman–Crippen LogP) is 4.23. The average molecular weight is 301 g/mol. The Labute approximate surface area is 133 Å². The Bertz CT molecular complexity index is 532. The van der Waals surface area contributed by atoms with Crippen LogP contribution >= 0.6 is 0 Å². The van der Waals surface area contributed by atoms with E-state index in [9.17, 15) is 4.79 Å². The minimum Gasteiger partial charge on any atom is -0.493 e. The lowest BCUT2D eigenvalue weighted by atomic mass is 9.77. The number of para-hydroxylation sites is 1. The van der Waals surface area contributed by atoms with Gasteiger partial charge in [-0.2, -0.15) is 0 Å². The molecule has 1 aromatic rings. The van der Waals surface area contributed by atoms with Crippen molar-refractivity contribution in [3.05, 3.63) is 29.8 Å². The van der Waals surface area contributed by atoms with E-state index >= 15 is 0 Å². The van der Waals surface area contributed by atoms with Gasteiger partial charge in [-0.25, -0.2) is 0 Å². The number of fused-ring (bicyclic) bond motifs is 1. The van der Waals surface area contributed by atoms with Crippen LogP contribution in [0.15, 0.2) is 24.3 Å². The number of nitrogens with one attached hydrogen (secondary N) is 1. The first-order valence-electron chi connectivity index (χ1n) is 8.63. The highest BCUT2D eigenvalue weighted by atomic mass is 16.5. The largest absolute Gasteiger partial charge is 0.493 e. The lowest BCUT2D eigenvalue weighted by molar-refractivity contribution is -0.132. The Hall–Kier alpha value is -1.51. The summed E-state index contributed by atoms with van der Waals surface area (Å²) in [6.45, 7) is 5.12. The van der Waals surface area contributed by atoms with Crippen molar-refractivity contribution in [2.45, 2.75) is 58.4 Å². The number of amides is 1. The molecule has 1 atom stereocenters. The molecule has 0 bridgehead atoms. The van der Waals surface area contributed by atoms with Crippen molar-refractivity contribution in [3.8, 4) is 5.75 Å². The third-order valence-electron chi connectivity index (χ3n) is 5.11. The van der Waals surface area contributed by atoms with E-state index < -0.39 is 0 Å². The first-order valence-corrected chi connectivity index (χ1v) is 8.63. The van der Waals surface area contributed by atoms with E-state index in [-0.39, 0.29) is 17.4 Å². The van der Waals surface area contributed by atoms with Gasteiger partial charge in [0.25, 0.3) is 0 Å². The minimum absolute atomic E-state index is 0.0992. The van der Waals surface area contributed by atoms with Gasteiger partial charge in [0.05, 0.1) is 12.6 Å². The first-order chi connectivity index (χ1) is 10.6. The smallest absolute Gasteiger partial charge is 0.226 e. The van der Waals surface area contributed by atoms with Gasteiger partial charge >= 0.3 is 0 Å². The van der Waals surface area contributed by atoms with Gasteiger partial charge in [0.15, 0.2) is 0 Å². The molecule has 1 amide bonds. The zero-order valence-corrected chi connectivity index (χ0v) is 13.7. The van der Waals surface area contributed by atoms with Crippen molar-refractivity contribution in [1.29, 1.82) is 0 Å². The molecule has 1 saturated carbocycles. The maximum Gasteiger partial charge on any atom is 0.226 e. The second kappa shape index (κ2) is 6.31. The molecule has 1 aliphatic heterocycles. The summed E-state index contributed by atoms with van der Waals surface area (Å²) in [6, 6.07) is 8.17. The molecular formula is C19H27NO2. The third kappa shape index (κ3) is 2.99. The third-order valence-corrected chi connectivity index (χ3v) is 5.11. The second-order valence-electron chi connectivity index (χ2n) is 7.29. The number of benzene rings is 1. The molecule has 1 aromatic carbocycles. The SMILES string of the molecule is CC(C)CC1(C(=O)N[C@H]2CCOc3ccccc32)CCCC1. The predicted molar refractivity (Wildman–Crippen MR) is 87.8 cm³/mol. The van der Waals surface area contributed by atoms with Crippen molar-refractivity contribution in [1.82, 2.24) is 5.32 Å². The molecule has 1 aliphatic carbocycles. The summed E-state index contributed by atoms with van der Waals surface area (Å²) in [5.41, 5.74) is 0.987. The van der Waals surface area contributed by atoms with Gasteiger partial charge in [-0.1, -0.05) is 44.9 Å². The van der Waals surface area contributed by atoms with Crippen LogP contribution in [0.2, 0.25) is 0 Å². The molecule has 0 unspecified atom stereocenters. The summed E-state index contributed by atoms with van der Waals surface area (Å²) in [6.07, 6.45) is 6.32. The maximum atomic E-state index is 13.0. The Balaban J connectivity index is 1.76. The highest BCUT2D eigenvalue weighted by molar-refractivity contribution is 5.83. The molecule has 1 fully saturated rings. The molecule has 0 aromatic heterocycles. The number of ether oxygens (including phenoxy) is 1. The molecule has 0 radical (unpaired) electrons. The number of rotatable bonds is 4. The summed E-state index contributed by atoms with van der Waals surface area (Å²) in [4.78, 5) is 13.0. The van der Waals surface area contributed by atoms with Gasteiger partial charge < -0.3 is 10.1 Å². The van der Waals surface area contributed by atoms with Crippen molar-refractivity contribution < 1.29 is 9.53 Å². The van der Waals surface area contributed by atoms with Crippen LogP contribution in [-0.2, 0) is 4.79 Å². The molecule has 3 rings (SSSR count). The van der Waals surface area contributed by atoms with Crippen LogP contribution in [0.3, 0.4) is 0 Å². The maximum absolute atomic E-state index is 13.0. The summed E-state index contributed by atoms with van der Waals surface area (Å²) in [5, 5.41) is 3.34. The van der Waals surface area contributed by atoms with E-state index in [1.54, 1.807) is 0 Å². The van der Waals surface area contributed by atoms with Crippen LogP contribution in [-0.4, -0.2) is 12.5 Å². The molecule has 3 heteroatoms. The summed E-state index contributed by atoms with van der Waals surface area (Å²) < 4.78 is 5.70. The Morgan fingerprint density at radius 3 is 2.77 bits per heavy atom. The Morgan fingerprint density at radius 2 is 2.05 bits per heavy atom. The monoisotopic (exact) mass is 301 g/mol. The summed E-state index contributed by atoms with van der Waals surface area (Å²) in [5.74, 6) is 1.75. The van der Waals surface area contributed by atoms with Gasteiger partial charge in [-0.05, 0) is 31.2 Å². The van der Waals surface area contributed by atoms with Gasteiger partial charge in [-0.15, -0.1) is 0 Å². The highest BCUT2D eigenvalue weighted by Crippen LogP contribution is 2.44. The van der Waals surface area contributed by atoms with Crippen molar-refractivity contribution in [2.75, 3.05) is 6.61 Å². The van der Waals surface area contributed by atoms with E-state index in [0.29, 0.717) is 12.5 Å². The van der Waals surface area contributed by atoms with Crippen LogP contribution in [0, 0.1) is 11.3 Å². The van der Waals surface area contributed by atoms with Gasteiger partial charge in [-0.3, -0.25) is 4.79 Å². The standard InChI is InChI=1S/C19H27NO2/c1-14(2)13-19(10-5-6-11-19)18(21)20-16-9-12-22-17-8-4-3-7-15(16)17/h3-4,7-8,14,16H,5-6,9-13H2,1-2H3,(H,20,21)/t16-/m0/s1. The zero-order valence-electron chi connectivity index (χ0n) is 13.7. The van der Waals surface area contributed by atoms with Crippen LogP contribution in [0.25, 0.3) is 0 Å². The molecule has 0 spiro atoms. The van der Waals surface area contributed by atoms with E-state index in [1.807, 2.05) is 18.2 Å². The van der Waals surface area contributed by atoms with Crippen molar-refractivity contribution in [3.63, 3.8) is 0 Å². The number of hydrogen-bond acceptors (Lipinski definition) is 2. The topological polar surface area (TPSA) is 38.3 Å². The quantitative estimate of drug-likeness (QED) is 0.903. The van der Waals surface area contributed by atoms with Crippen molar-refractivity contribution >= 4 is 5.91 Å². The summed E-state index contributed by atoms with van der Waals surface area (Å²) >= 11 is 0. The first kappa shape index (κ1) is 15.4. The van der Waals surface area contributed by atoms with Crippen LogP contribution in [0.5, 0.6) is 5.75 Å². The normalized spacial score (nSPS) is 23.0. The molecule has 1 heterocycles. The fourth-order valence-corrected chi connectivity index (χ4v) is 4.16. The lowest BCUT2D eigenvalue weighted by Crippen LogP contribution is -2.43. The molecule has 1 N–H and O–H groups in total. The number of carbonyl (C=O) groups excluding carboxylic acids is 1. The van der Waals surface area contributed by atoms with Gasteiger partial charge in [0.2, 0.25) is 5.91 Å². The minimum atomic E-state index is -0.137. The average Bonchev–Trinajstić information content (AvgIpc) is 2.96. The van der Waals surface area contributed by atoms with Crippen LogP contribution in [0.4, 0.5) is 0 Å². The van der Waals surface area contributed by atoms with Gasteiger partial charge in [0, 0.05) is 17.4 Å². The van der Waals surface area contributed by atoms with E-state index in [2.05, 4.69) is 25.2 Å². The molecule has 120 valence electrons. The molecule has 2 aliphatic rings. The van der Waals surface area contributed by atoms with Crippen molar-refractivity contribution in [2.24, 2.45) is 11.3 Å². The highest BCUT2D eigenvalue weighted by Gasteiger charge is 2.42. The van der Waals surface area contributed by atoms with Crippen LogP contribution < -0.4 is 10.1 Å². The zero-order chi connectivity index (χ0) is 15.6. The lowest BCUT2D eigenvalue weighted by Gasteiger charge is -2.33. The molecule has 3 nitrogen and oxygen atoms in total. The van der Waals surface area contributed by atoms with E-state index in [1.165, 1.54) is 12.8 Å². The van der Waals surface area contributed by atoms with E-state index in [4.69, 9.17) is 4.74 Å². The van der Waals surface area contributed by atoms with Gasteiger partial charge in [0.1, 0.15) is 5.75 Å². The Morgan fingerprint density at radius 1 is 1.32 bits per heavy atom. The fourth-order valence-electron chi connectivity index (χ4n) is 4.16. The summed E-state index contributed by atoms with van der Waals surface area (Å²) in [7, 11) is 0. The van der Waals surface area contributed by atoms with E-state index in [0.717, 1.165) is 37.0 Å². The number of carbonyl (C=O) groups is 1.